The average molecular weight is 250 g/mol. The van der Waals surface area contributed by atoms with E-state index in [1.165, 1.54) is 5.56 Å². The summed E-state index contributed by atoms with van der Waals surface area (Å²) in [6.45, 7) is 11.7. The van der Waals surface area contributed by atoms with Gasteiger partial charge < -0.3 is 10.6 Å². The predicted octanol–water partition coefficient (Wildman–Crippen LogP) is 3.46. The minimum atomic E-state index is 0.0660. The van der Waals surface area contributed by atoms with Crippen molar-refractivity contribution in [3.63, 3.8) is 0 Å². The minimum Gasteiger partial charge on any atom is -0.370 e. The Morgan fingerprint density at radius 1 is 1.11 bits per heavy atom. The van der Waals surface area contributed by atoms with Crippen molar-refractivity contribution < 1.29 is 0 Å². The van der Waals surface area contributed by atoms with Gasteiger partial charge >= 0.3 is 0 Å². The molecule has 0 radical (unpaired) electrons. The number of anilines is 2. The summed E-state index contributed by atoms with van der Waals surface area (Å²) in [5, 5.41) is 6.84. The second-order valence-corrected chi connectivity index (χ2v) is 5.19. The van der Waals surface area contributed by atoms with Gasteiger partial charge in [-0.1, -0.05) is 20.3 Å². The van der Waals surface area contributed by atoms with E-state index >= 15 is 0 Å². The zero-order valence-electron chi connectivity index (χ0n) is 12.3. The van der Waals surface area contributed by atoms with Gasteiger partial charge in [-0.05, 0) is 33.6 Å². The number of rotatable bonds is 7. The molecule has 0 atom stereocenters. The van der Waals surface area contributed by atoms with Gasteiger partial charge in [-0.3, -0.25) is 0 Å². The molecule has 1 aromatic rings. The molecule has 0 spiro atoms. The molecule has 0 aromatic carbocycles. The normalized spacial score (nSPS) is 11.4. The molecule has 1 aromatic heterocycles. The van der Waals surface area contributed by atoms with Gasteiger partial charge in [0, 0.05) is 17.6 Å². The molecule has 0 unspecified atom stereocenters. The van der Waals surface area contributed by atoms with Crippen molar-refractivity contribution in [1.29, 1.82) is 0 Å². The summed E-state index contributed by atoms with van der Waals surface area (Å²) in [6, 6.07) is 0. The first-order valence-electron chi connectivity index (χ1n) is 6.90. The lowest BCUT2D eigenvalue weighted by atomic mass is 9.98. The fourth-order valence-corrected chi connectivity index (χ4v) is 2.18. The van der Waals surface area contributed by atoms with Crippen LogP contribution in [0.3, 0.4) is 0 Å². The van der Waals surface area contributed by atoms with Crippen LogP contribution in [0.1, 0.15) is 53.0 Å². The van der Waals surface area contributed by atoms with Crippen LogP contribution in [0.4, 0.5) is 11.6 Å². The Kier molecular flexibility index (Phi) is 5.38. The van der Waals surface area contributed by atoms with Crippen molar-refractivity contribution in [1.82, 2.24) is 9.97 Å². The topological polar surface area (TPSA) is 49.8 Å². The Bertz CT molecular complexity index is 374. The van der Waals surface area contributed by atoms with Crippen molar-refractivity contribution in [3.05, 3.63) is 11.9 Å². The number of aromatic nitrogens is 2. The molecule has 1 rings (SSSR count). The van der Waals surface area contributed by atoms with Gasteiger partial charge in [-0.25, -0.2) is 9.97 Å². The lowest BCUT2D eigenvalue weighted by Gasteiger charge is -2.28. The van der Waals surface area contributed by atoms with Gasteiger partial charge in [0.15, 0.2) is 0 Å². The fourth-order valence-electron chi connectivity index (χ4n) is 2.18. The summed E-state index contributed by atoms with van der Waals surface area (Å²) < 4.78 is 0. The monoisotopic (exact) mass is 250 g/mol. The Morgan fingerprint density at radius 3 is 2.33 bits per heavy atom. The zero-order chi connectivity index (χ0) is 13.6. The molecular weight excluding hydrogens is 224 g/mol. The van der Waals surface area contributed by atoms with Crippen LogP contribution in [0.25, 0.3) is 0 Å². The van der Waals surface area contributed by atoms with Crippen molar-refractivity contribution in [2.45, 2.75) is 59.4 Å². The van der Waals surface area contributed by atoms with Gasteiger partial charge in [-0.2, -0.15) is 0 Å². The van der Waals surface area contributed by atoms with Crippen molar-refractivity contribution >= 4 is 11.6 Å². The van der Waals surface area contributed by atoms with Gasteiger partial charge in [0.25, 0.3) is 0 Å². The van der Waals surface area contributed by atoms with E-state index in [1.807, 2.05) is 0 Å². The Hall–Kier alpha value is -1.32. The third-order valence-electron chi connectivity index (χ3n) is 2.97. The molecule has 0 aliphatic rings. The van der Waals surface area contributed by atoms with Gasteiger partial charge in [0.05, 0.1) is 0 Å². The van der Waals surface area contributed by atoms with Gasteiger partial charge in [0.2, 0.25) is 0 Å². The van der Waals surface area contributed by atoms with Crippen LogP contribution in [0, 0.1) is 0 Å². The molecule has 0 bridgehead atoms. The van der Waals surface area contributed by atoms with Crippen LogP contribution in [0.15, 0.2) is 6.33 Å². The third-order valence-corrected chi connectivity index (χ3v) is 2.97. The maximum atomic E-state index is 4.40. The number of nitrogens with one attached hydrogen (secondary N) is 2. The first kappa shape index (κ1) is 14.7. The third kappa shape index (κ3) is 3.86. The summed E-state index contributed by atoms with van der Waals surface area (Å²) >= 11 is 0. The Labute approximate surface area is 111 Å². The Morgan fingerprint density at radius 2 is 1.78 bits per heavy atom. The second kappa shape index (κ2) is 6.57. The zero-order valence-corrected chi connectivity index (χ0v) is 12.3. The van der Waals surface area contributed by atoms with E-state index < -0.39 is 0 Å². The molecule has 0 amide bonds. The summed E-state index contributed by atoms with van der Waals surface area (Å²) in [7, 11) is 0. The van der Waals surface area contributed by atoms with Crippen LogP contribution >= 0.6 is 0 Å². The number of hydrogen-bond acceptors (Lipinski definition) is 4. The molecular formula is C14H26N4. The van der Waals surface area contributed by atoms with Crippen molar-refractivity contribution in [2.75, 3.05) is 17.2 Å². The fraction of sp³-hybridized carbons (Fsp3) is 0.714. The van der Waals surface area contributed by atoms with Crippen LogP contribution in [0.5, 0.6) is 0 Å². The summed E-state index contributed by atoms with van der Waals surface area (Å²) in [4.78, 5) is 8.71. The van der Waals surface area contributed by atoms with E-state index in [4.69, 9.17) is 0 Å². The predicted molar refractivity (Wildman–Crippen MR) is 78.2 cm³/mol. The smallest absolute Gasteiger partial charge is 0.135 e. The number of nitrogens with zero attached hydrogens (tertiary/aromatic N) is 2. The van der Waals surface area contributed by atoms with Crippen molar-refractivity contribution in [2.24, 2.45) is 0 Å². The van der Waals surface area contributed by atoms with E-state index in [0.29, 0.717) is 0 Å². The standard InChI is InChI=1S/C14H26N4/c1-6-9-14(4,5)18-13-11(7-2)12(15-8-3)16-10-17-13/h10H,6-9H2,1-5H3,(H2,15,16,17,18). The van der Waals surface area contributed by atoms with E-state index in [0.717, 1.165) is 37.4 Å². The van der Waals surface area contributed by atoms with E-state index in [1.54, 1.807) is 6.33 Å². The molecule has 4 heteroatoms. The van der Waals surface area contributed by atoms with Crippen LogP contribution < -0.4 is 10.6 Å². The summed E-state index contributed by atoms with van der Waals surface area (Å²) in [6.07, 6.45) is 4.83. The molecule has 0 saturated heterocycles. The molecule has 0 saturated carbocycles. The van der Waals surface area contributed by atoms with Gasteiger partial charge in [-0.15, -0.1) is 0 Å². The lowest BCUT2D eigenvalue weighted by Crippen LogP contribution is -2.31. The highest BCUT2D eigenvalue weighted by molar-refractivity contribution is 5.58. The highest BCUT2D eigenvalue weighted by atomic mass is 15.1. The minimum absolute atomic E-state index is 0.0660. The summed E-state index contributed by atoms with van der Waals surface area (Å²) in [5.74, 6) is 1.91. The molecule has 18 heavy (non-hydrogen) atoms. The number of hydrogen-bond donors (Lipinski definition) is 2. The molecule has 4 nitrogen and oxygen atoms in total. The molecule has 0 fully saturated rings. The molecule has 0 aliphatic heterocycles. The summed E-state index contributed by atoms with van der Waals surface area (Å²) in [5.41, 5.74) is 1.24. The van der Waals surface area contributed by atoms with Gasteiger partial charge in [0.1, 0.15) is 18.0 Å². The maximum absolute atomic E-state index is 4.40. The largest absolute Gasteiger partial charge is 0.370 e. The first-order valence-corrected chi connectivity index (χ1v) is 6.90. The lowest BCUT2D eigenvalue weighted by molar-refractivity contribution is 0.508. The highest BCUT2D eigenvalue weighted by Crippen LogP contribution is 2.25. The van der Waals surface area contributed by atoms with E-state index in [-0.39, 0.29) is 5.54 Å². The second-order valence-electron chi connectivity index (χ2n) is 5.19. The van der Waals surface area contributed by atoms with E-state index in [2.05, 4.69) is 55.2 Å². The quantitative estimate of drug-likeness (QED) is 0.778. The molecule has 2 N–H and O–H groups in total. The average Bonchev–Trinajstić information content (AvgIpc) is 2.29. The Balaban J connectivity index is 2.97. The first-order chi connectivity index (χ1) is 8.54. The van der Waals surface area contributed by atoms with Crippen LogP contribution in [-0.2, 0) is 6.42 Å². The molecule has 0 aliphatic carbocycles. The maximum Gasteiger partial charge on any atom is 0.135 e. The van der Waals surface area contributed by atoms with Crippen LogP contribution in [0.2, 0.25) is 0 Å². The van der Waals surface area contributed by atoms with Crippen molar-refractivity contribution in [3.8, 4) is 0 Å². The van der Waals surface area contributed by atoms with E-state index in [9.17, 15) is 0 Å². The van der Waals surface area contributed by atoms with Crippen LogP contribution in [-0.4, -0.2) is 22.1 Å². The molecule has 102 valence electrons. The SMILES string of the molecule is CCCC(C)(C)Nc1ncnc(NCC)c1CC. The highest BCUT2D eigenvalue weighted by Gasteiger charge is 2.19. The molecule has 1 heterocycles.